The van der Waals surface area contributed by atoms with Crippen LogP contribution in [0.2, 0.25) is 0 Å². The van der Waals surface area contributed by atoms with Crippen LogP contribution in [0, 0.1) is 6.92 Å². The molecular formula is C11H8Br2N2OS. The number of halogens is 2. The fourth-order valence-corrected chi connectivity index (χ4v) is 3.18. The van der Waals surface area contributed by atoms with E-state index in [2.05, 4.69) is 41.8 Å². The van der Waals surface area contributed by atoms with Gasteiger partial charge in [-0.25, -0.2) is 4.98 Å². The molecule has 2 aromatic rings. The van der Waals surface area contributed by atoms with Gasteiger partial charge in [0.15, 0.2) is 5.78 Å². The zero-order valence-electron chi connectivity index (χ0n) is 8.91. The summed E-state index contributed by atoms with van der Waals surface area (Å²) in [6, 6.07) is 1.81. The minimum atomic E-state index is -0.0327. The number of aromatic nitrogens is 2. The van der Waals surface area contributed by atoms with E-state index in [0.717, 1.165) is 15.2 Å². The van der Waals surface area contributed by atoms with Crippen LogP contribution in [-0.2, 0) is 6.42 Å². The smallest absolute Gasteiger partial charge is 0.188 e. The number of pyridine rings is 1. The van der Waals surface area contributed by atoms with Crippen molar-refractivity contribution >= 4 is 49.0 Å². The molecular weight excluding hydrogens is 368 g/mol. The molecule has 2 aromatic heterocycles. The van der Waals surface area contributed by atoms with Crippen molar-refractivity contribution in [1.82, 2.24) is 9.97 Å². The van der Waals surface area contributed by atoms with Crippen LogP contribution in [-0.4, -0.2) is 15.8 Å². The Hall–Kier alpha value is -0.590. The lowest BCUT2D eigenvalue weighted by atomic mass is 10.1. The molecule has 0 aliphatic carbocycles. The van der Waals surface area contributed by atoms with E-state index >= 15 is 0 Å². The Kier molecular flexibility index (Phi) is 4.06. The van der Waals surface area contributed by atoms with Gasteiger partial charge in [0.2, 0.25) is 0 Å². The number of carbonyl (C=O) groups is 1. The molecule has 0 saturated heterocycles. The number of nitrogens with zero attached hydrogens (tertiary/aromatic N) is 2. The second kappa shape index (κ2) is 5.37. The molecule has 0 radical (unpaired) electrons. The lowest BCUT2D eigenvalue weighted by Crippen LogP contribution is -2.07. The number of Topliss-reactive ketones (excluding diaryl/α,β-unsaturated/α-hetero) is 1. The average molecular weight is 376 g/mol. The minimum Gasteiger partial charge on any atom is -0.292 e. The van der Waals surface area contributed by atoms with Crippen molar-refractivity contribution in [2.45, 2.75) is 13.3 Å². The fraction of sp³-hybridized carbons (Fsp3) is 0.182. The van der Waals surface area contributed by atoms with E-state index in [9.17, 15) is 4.79 Å². The first-order valence-electron chi connectivity index (χ1n) is 4.81. The van der Waals surface area contributed by atoms with Crippen LogP contribution < -0.4 is 0 Å². The monoisotopic (exact) mass is 374 g/mol. The third kappa shape index (κ3) is 3.20. The number of ketones is 1. The SMILES string of the molecule is Cc1nc(CC(=O)c2ncc(Br)cc2Br)cs1. The molecule has 88 valence electrons. The van der Waals surface area contributed by atoms with E-state index in [1.54, 1.807) is 17.5 Å². The summed E-state index contributed by atoms with van der Waals surface area (Å²) >= 11 is 8.18. The van der Waals surface area contributed by atoms with Gasteiger partial charge >= 0.3 is 0 Å². The van der Waals surface area contributed by atoms with E-state index in [4.69, 9.17) is 0 Å². The summed E-state index contributed by atoms with van der Waals surface area (Å²) in [5, 5.41) is 2.87. The first kappa shape index (κ1) is 12.9. The summed E-state index contributed by atoms with van der Waals surface area (Å²) in [4.78, 5) is 20.4. The Morgan fingerprint density at radius 3 is 2.82 bits per heavy atom. The quantitative estimate of drug-likeness (QED) is 0.766. The molecule has 0 spiro atoms. The topological polar surface area (TPSA) is 42.9 Å². The van der Waals surface area contributed by atoms with Crippen LogP contribution in [0.1, 0.15) is 21.2 Å². The summed E-state index contributed by atoms with van der Waals surface area (Å²) in [6.45, 7) is 1.92. The molecule has 3 nitrogen and oxygen atoms in total. The van der Waals surface area contributed by atoms with Gasteiger partial charge in [-0.3, -0.25) is 9.78 Å². The number of rotatable bonds is 3. The van der Waals surface area contributed by atoms with Crippen molar-refractivity contribution < 1.29 is 4.79 Å². The van der Waals surface area contributed by atoms with Gasteiger partial charge in [-0.2, -0.15) is 0 Å². The van der Waals surface area contributed by atoms with Gasteiger partial charge in [-0.05, 0) is 44.8 Å². The highest BCUT2D eigenvalue weighted by Crippen LogP contribution is 2.21. The molecule has 0 saturated carbocycles. The highest BCUT2D eigenvalue weighted by Gasteiger charge is 2.14. The van der Waals surface area contributed by atoms with Crippen LogP contribution in [0.3, 0.4) is 0 Å². The van der Waals surface area contributed by atoms with Gasteiger partial charge in [0.25, 0.3) is 0 Å². The Morgan fingerprint density at radius 2 is 2.24 bits per heavy atom. The Labute approximate surface area is 120 Å². The number of carbonyl (C=O) groups excluding carboxylic acids is 1. The summed E-state index contributed by atoms with van der Waals surface area (Å²) in [5.74, 6) is -0.0327. The van der Waals surface area contributed by atoms with Crippen molar-refractivity contribution in [1.29, 1.82) is 0 Å². The molecule has 0 bridgehead atoms. The number of thiazole rings is 1. The second-order valence-corrected chi connectivity index (χ2v) is 6.27. The highest BCUT2D eigenvalue weighted by atomic mass is 79.9. The Balaban J connectivity index is 2.20. The van der Waals surface area contributed by atoms with Crippen molar-refractivity contribution in [2.75, 3.05) is 0 Å². The molecule has 2 heterocycles. The summed E-state index contributed by atoms with van der Waals surface area (Å²) < 4.78 is 1.54. The molecule has 2 rings (SSSR count). The van der Waals surface area contributed by atoms with E-state index in [1.807, 2.05) is 18.4 Å². The standard InChI is InChI=1S/C11H8Br2N2OS/c1-6-15-8(5-17-6)3-10(16)11-9(13)2-7(12)4-14-11/h2,4-5H,3H2,1H3. The molecule has 0 amide bonds. The molecule has 0 aliphatic rings. The van der Waals surface area contributed by atoms with Gasteiger partial charge in [0, 0.05) is 20.5 Å². The second-order valence-electron chi connectivity index (χ2n) is 3.44. The van der Waals surface area contributed by atoms with E-state index in [1.165, 1.54) is 0 Å². The van der Waals surface area contributed by atoms with Gasteiger partial charge in [0.1, 0.15) is 5.69 Å². The molecule has 0 fully saturated rings. The predicted octanol–water partition coefficient (Wildman–Crippen LogP) is 3.80. The van der Waals surface area contributed by atoms with Crippen LogP contribution in [0.4, 0.5) is 0 Å². The minimum absolute atomic E-state index is 0.0327. The van der Waals surface area contributed by atoms with Crippen LogP contribution in [0.25, 0.3) is 0 Å². The first-order chi connectivity index (χ1) is 8.06. The third-order valence-electron chi connectivity index (χ3n) is 2.08. The van der Waals surface area contributed by atoms with E-state index < -0.39 is 0 Å². The van der Waals surface area contributed by atoms with Crippen molar-refractivity contribution in [3.63, 3.8) is 0 Å². The van der Waals surface area contributed by atoms with Crippen LogP contribution in [0.15, 0.2) is 26.6 Å². The number of aryl methyl sites for hydroxylation is 1. The Bertz CT molecular complexity index is 568. The first-order valence-corrected chi connectivity index (χ1v) is 7.28. The average Bonchev–Trinajstić information content (AvgIpc) is 2.63. The normalized spacial score (nSPS) is 10.5. The van der Waals surface area contributed by atoms with Crippen molar-refractivity contribution in [3.05, 3.63) is 43.0 Å². The maximum Gasteiger partial charge on any atom is 0.188 e. The van der Waals surface area contributed by atoms with E-state index in [0.29, 0.717) is 10.2 Å². The molecule has 0 aromatic carbocycles. The lowest BCUT2D eigenvalue weighted by Gasteiger charge is -2.01. The molecule has 0 atom stereocenters. The highest BCUT2D eigenvalue weighted by molar-refractivity contribution is 9.11. The molecule has 0 aliphatic heterocycles. The number of hydrogen-bond donors (Lipinski definition) is 0. The maximum absolute atomic E-state index is 12.0. The lowest BCUT2D eigenvalue weighted by molar-refractivity contribution is 0.0986. The van der Waals surface area contributed by atoms with Crippen LogP contribution in [0.5, 0.6) is 0 Å². The van der Waals surface area contributed by atoms with Gasteiger partial charge in [-0.1, -0.05) is 0 Å². The maximum atomic E-state index is 12.0. The summed E-state index contributed by atoms with van der Waals surface area (Å²) in [5.41, 5.74) is 1.24. The molecule has 17 heavy (non-hydrogen) atoms. The third-order valence-corrected chi connectivity index (χ3v) is 3.94. The van der Waals surface area contributed by atoms with E-state index in [-0.39, 0.29) is 12.2 Å². The molecule has 6 heteroatoms. The van der Waals surface area contributed by atoms with Crippen LogP contribution >= 0.6 is 43.2 Å². The summed E-state index contributed by atoms with van der Waals surface area (Å²) in [7, 11) is 0. The number of hydrogen-bond acceptors (Lipinski definition) is 4. The Morgan fingerprint density at radius 1 is 1.47 bits per heavy atom. The van der Waals surface area contributed by atoms with Crippen molar-refractivity contribution in [2.24, 2.45) is 0 Å². The predicted molar refractivity (Wildman–Crippen MR) is 74.5 cm³/mol. The molecule has 0 N–H and O–H groups in total. The van der Waals surface area contributed by atoms with Gasteiger partial charge < -0.3 is 0 Å². The van der Waals surface area contributed by atoms with Crippen molar-refractivity contribution in [3.8, 4) is 0 Å². The summed E-state index contributed by atoms with van der Waals surface area (Å²) in [6.07, 6.45) is 1.90. The van der Waals surface area contributed by atoms with Gasteiger partial charge in [-0.15, -0.1) is 11.3 Å². The zero-order chi connectivity index (χ0) is 12.4. The zero-order valence-corrected chi connectivity index (χ0v) is 12.9. The largest absolute Gasteiger partial charge is 0.292 e. The van der Waals surface area contributed by atoms with Gasteiger partial charge in [0.05, 0.1) is 17.1 Å². The molecule has 0 unspecified atom stereocenters. The fourth-order valence-electron chi connectivity index (χ4n) is 1.36.